The van der Waals surface area contributed by atoms with Crippen LogP contribution in [0.1, 0.15) is 54.0 Å². The predicted octanol–water partition coefficient (Wildman–Crippen LogP) is 5.56. The summed E-state index contributed by atoms with van der Waals surface area (Å²) < 4.78 is 79.4. The van der Waals surface area contributed by atoms with Crippen molar-refractivity contribution in [3.63, 3.8) is 0 Å². The molecule has 196 valence electrons. The molecule has 2 heterocycles. The molecule has 2 aliphatic heterocycles. The SMILES string of the molecule is CC1(C(=O)NCc2cc(C(F)(F)F)cc(C(F)(F)F)c2)c2ccccc2CN1CCN1CCCCC1. The van der Waals surface area contributed by atoms with Gasteiger partial charge in [0.2, 0.25) is 5.91 Å². The van der Waals surface area contributed by atoms with Gasteiger partial charge in [-0.1, -0.05) is 30.7 Å². The highest BCUT2D eigenvalue weighted by Gasteiger charge is 2.47. The van der Waals surface area contributed by atoms with Gasteiger partial charge in [-0.25, -0.2) is 0 Å². The zero-order valence-electron chi connectivity index (χ0n) is 20.0. The summed E-state index contributed by atoms with van der Waals surface area (Å²) in [4.78, 5) is 17.9. The Morgan fingerprint density at radius 1 is 0.917 bits per heavy atom. The van der Waals surface area contributed by atoms with E-state index < -0.39 is 41.5 Å². The number of halogens is 6. The van der Waals surface area contributed by atoms with Gasteiger partial charge >= 0.3 is 12.4 Å². The van der Waals surface area contributed by atoms with Crippen LogP contribution in [0, 0.1) is 0 Å². The first-order valence-corrected chi connectivity index (χ1v) is 12.0. The fourth-order valence-electron chi connectivity index (χ4n) is 5.16. The second-order valence-corrected chi connectivity index (χ2v) is 9.65. The van der Waals surface area contributed by atoms with Crippen molar-refractivity contribution >= 4 is 5.91 Å². The van der Waals surface area contributed by atoms with Gasteiger partial charge < -0.3 is 10.2 Å². The first kappa shape index (κ1) is 26.5. The van der Waals surface area contributed by atoms with E-state index in [0.717, 1.165) is 43.6 Å². The van der Waals surface area contributed by atoms with Crippen LogP contribution in [-0.2, 0) is 35.8 Å². The van der Waals surface area contributed by atoms with Gasteiger partial charge in [-0.3, -0.25) is 9.69 Å². The quantitative estimate of drug-likeness (QED) is 0.514. The molecular formula is C26H29F6N3O. The lowest BCUT2D eigenvalue weighted by molar-refractivity contribution is -0.143. The number of piperidine rings is 1. The minimum atomic E-state index is -4.94. The third-order valence-corrected chi connectivity index (χ3v) is 7.21. The maximum absolute atomic E-state index is 13.5. The molecule has 1 amide bonds. The molecular weight excluding hydrogens is 484 g/mol. The van der Waals surface area contributed by atoms with E-state index in [1.54, 1.807) is 6.92 Å². The lowest BCUT2D eigenvalue weighted by atomic mass is 9.90. The minimum absolute atomic E-state index is 0.0855. The molecule has 0 spiro atoms. The van der Waals surface area contributed by atoms with Crippen LogP contribution in [0.3, 0.4) is 0 Å². The molecule has 2 aliphatic rings. The molecule has 0 radical (unpaired) electrons. The summed E-state index contributed by atoms with van der Waals surface area (Å²) in [6.45, 7) is 5.23. The largest absolute Gasteiger partial charge is 0.416 e. The molecule has 0 aliphatic carbocycles. The van der Waals surface area contributed by atoms with Crippen LogP contribution in [0.2, 0.25) is 0 Å². The summed E-state index contributed by atoms with van der Waals surface area (Å²) in [5.74, 6) is -0.461. The number of benzene rings is 2. The van der Waals surface area contributed by atoms with E-state index >= 15 is 0 Å². The number of rotatable bonds is 6. The van der Waals surface area contributed by atoms with Crippen molar-refractivity contribution in [3.8, 4) is 0 Å². The van der Waals surface area contributed by atoms with Crippen molar-refractivity contribution in [2.24, 2.45) is 0 Å². The van der Waals surface area contributed by atoms with E-state index in [2.05, 4.69) is 10.2 Å². The average molecular weight is 514 g/mol. The predicted molar refractivity (Wildman–Crippen MR) is 123 cm³/mol. The Hall–Kier alpha value is -2.59. The molecule has 4 nitrogen and oxygen atoms in total. The zero-order chi connectivity index (χ0) is 26.1. The lowest BCUT2D eigenvalue weighted by Gasteiger charge is -2.36. The highest BCUT2D eigenvalue weighted by atomic mass is 19.4. The molecule has 4 rings (SSSR count). The summed E-state index contributed by atoms with van der Waals surface area (Å²) in [6, 6.07) is 8.87. The molecule has 1 fully saturated rings. The Balaban J connectivity index is 1.55. The monoisotopic (exact) mass is 513 g/mol. The van der Waals surface area contributed by atoms with E-state index in [0.29, 0.717) is 25.2 Å². The van der Waals surface area contributed by atoms with Gasteiger partial charge in [0.15, 0.2) is 0 Å². The molecule has 0 saturated carbocycles. The van der Waals surface area contributed by atoms with Gasteiger partial charge in [0.1, 0.15) is 5.54 Å². The zero-order valence-corrected chi connectivity index (χ0v) is 20.0. The van der Waals surface area contributed by atoms with Crippen LogP contribution >= 0.6 is 0 Å². The van der Waals surface area contributed by atoms with Gasteiger partial charge in [-0.2, -0.15) is 26.3 Å². The first-order chi connectivity index (χ1) is 16.9. The van der Waals surface area contributed by atoms with Crippen LogP contribution in [0.15, 0.2) is 42.5 Å². The number of hydrogen-bond donors (Lipinski definition) is 1. The number of nitrogens with zero attached hydrogens (tertiary/aromatic N) is 2. The third-order valence-electron chi connectivity index (χ3n) is 7.21. The van der Waals surface area contributed by atoms with E-state index in [1.807, 2.05) is 29.2 Å². The van der Waals surface area contributed by atoms with Crippen LogP contribution in [-0.4, -0.2) is 41.9 Å². The normalized spacial score (nSPS) is 21.4. The summed E-state index contributed by atoms with van der Waals surface area (Å²) in [5.41, 5.74) is -2.39. The fraction of sp³-hybridized carbons (Fsp3) is 0.500. The molecule has 36 heavy (non-hydrogen) atoms. The summed E-state index contributed by atoms with van der Waals surface area (Å²) in [7, 11) is 0. The summed E-state index contributed by atoms with van der Waals surface area (Å²) >= 11 is 0. The minimum Gasteiger partial charge on any atom is -0.350 e. The Morgan fingerprint density at radius 2 is 1.53 bits per heavy atom. The summed E-state index contributed by atoms with van der Waals surface area (Å²) in [5, 5.41) is 2.62. The summed E-state index contributed by atoms with van der Waals surface area (Å²) in [6.07, 6.45) is -6.41. The Labute approximate surface area is 206 Å². The van der Waals surface area contributed by atoms with E-state index in [1.165, 1.54) is 6.42 Å². The second-order valence-electron chi connectivity index (χ2n) is 9.65. The maximum Gasteiger partial charge on any atom is 0.416 e. The van der Waals surface area contributed by atoms with E-state index in [9.17, 15) is 31.1 Å². The number of alkyl halides is 6. The Kier molecular flexibility index (Phi) is 7.39. The van der Waals surface area contributed by atoms with Crippen molar-refractivity contribution in [1.82, 2.24) is 15.1 Å². The van der Waals surface area contributed by atoms with Crippen LogP contribution in [0.5, 0.6) is 0 Å². The van der Waals surface area contributed by atoms with Crippen molar-refractivity contribution in [2.45, 2.75) is 57.2 Å². The standard InChI is InChI=1S/C26H29F6N3O/c1-24(22-8-4-3-7-19(22)17-35(24)12-11-34-9-5-2-6-10-34)23(36)33-16-18-13-20(25(27,28)29)15-21(14-18)26(30,31)32/h3-4,7-8,13-15H,2,5-6,9-12,16-17H2,1H3,(H,33,36). The van der Waals surface area contributed by atoms with Gasteiger partial charge in [0, 0.05) is 26.2 Å². The smallest absolute Gasteiger partial charge is 0.350 e. The molecule has 1 atom stereocenters. The van der Waals surface area contributed by atoms with Gasteiger partial charge in [0.05, 0.1) is 11.1 Å². The highest BCUT2D eigenvalue weighted by Crippen LogP contribution is 2.40. The van der Waals surface area contributed by atoms with Crippen molar-refractivity contribution < 1.29 is 31.1 Å². The number of fused-ring (bicyclic) bond motifs is 1. The van der Waals surface area contributed by atoms with Crippen LogP contribution < -0.4 is 5.32 Å². The number of amides is 1. The van der Waals surface area contributed by atoms with Gasteiger partial charge in [-0.05, 0) is 67.7 Å². The molecule has 2 aromatic carbocycles. The fourth-order valence-corrected chi connectivity index (χ4v) is 5.16. The van der Waals surface area contributed by atoms with Gasteiger partial charge in [-0.15, -0.1) is 0 Å². The number of carbonyl (C=O) groups excluding carboxylic acids is 1. The lowest BCUT2D eigenvalue weighted by Crippen LogP contribution is -2.52. The number of likely N-dealkylation sites (tertiary alicyclic amines) is 1. The van der Waals surface area contributed by atoms with Crippen molar-refractivity contribution in [1.29, 1.82) is 0 Å². The number of nitrogens with one attached hydrogen (secondary N) is 1. The molecule has 2 aromatic rings. The van der Waals surface area contributed by atoms with Gasteiger partial charge in [0.25, 0.3) is 0 Å². The maximum atomic E-state index is 13.5. The Morgan fingerprint density at radius 3 is 2.14 bits per heavy atom. The van der Waals surface area contributed by atoms with Crippen LogP contribution in [0.4, 0.5) is 26.3 Å². The van der Waals surface area contributed by atoms with Crippen molar-refractivity contribution in [3.05, 3.63) is 70.3 Å². The van der Waals surface area contributed by atoms with E-state index in [4.69, 9.17) is 0 Å². The number of hydrogen-bond acceptors (Lipinski definition) is 3. The molecule has 10 heteroatoms. The molecule has 1 unspecified atom stereocenters. The average Bonchev–Trinajstić information content (AvgIpc) is 3.13. The van der Waals surface area contributed by atoms with Crippen LogP contribution in [0.25, 0.3) is 0 Å². The number of carbonyl (C=O) groups is 1. The highest BCUT2D eigenvalue weighted by molar-refractivity contribution is 5.88. The molecule has 0 aromatic heterocycles. The molecule has 0 bridgehead atoms. The topological polar surface area (TPSA) is 35.6 Å². The van der Waals surface area contributed by atoms with Crippen molar-refractivity contribution in [2.75, 3.05) is 26.2 Å². The molecule has 1 saturated heterocycles. The van der Waals surface area contributed by atoms with E-state index in [-0.39, 0.29) is 11.6 Å². The molecule has 1 N–H and O–H groups in total. The second kappa shape index (κ2) is 10.0. The Bertz CT molecular complexity index is 1060. The first-order valence-electron chi connectivity index (χ1n) is 12.0. The third kappa shape index (κ3) is 5.54.